The second-order valence-corrected chi connectivity index (χ2v) is 5.30. The first kappa shape index (κ1) is 8.41. The van der Waals surface area contributed by atoms with E-state index in [1.807, 2.05) is 0 Å². The Morgan fingerprint density at radius 2 is 2.10 bits per heavy atom. The molecule has 10 heavy (non-hydrogen) atoms. The summed E-state index contributed by atoms with van der Waals surface area (Å²) in [6.07, 6.45) is 2.81. The number of quaternary nitrogens is 1. The fraction of sp³-hybridized carbons (Fsp3) is 1.00. The molecule has 1 unspecified atom stereocenters. The molecule has 1 atom stereocenters. The fourth-order valence-corrected chi connectivity index (χ4v) is 2.40. The average molecular weight is 160 g/mol. The van der Waals surface area contributed by atoms with Gasteiger partial charge < -0.3 is 4.48 Å². The van der Waals surface area contributed by atoms with Crippen LogP contribution in [-0.2, 0) is 0 Å². The lowest BCUT2D eigenvalue weighted by atomic mass is 10.2. The van der Waals surface area contributed by atoms with Crippen LogP contribution in [0.4, 0.5) is 0 Å². The molecule has 0 aromatic heterocycles. The van der Waals surface area contributed by atoms with Crippen molar-refractivity contribution in [3.63, 3.8) is 0 Å². The Labute approximate surface area is 68.4 Å². The summed E-state index contributed by atoms with van der Waals surface area (Å²) in [5.41, 5.74) is 0. The van der Waals surface area contributed by atoms with Crippen molar-refractivity contribution < 1.29 is 4.48 Å². The molecule has 0 aromatic carbocycles. The molecule has 1 rings (SSSR count). The number of hydrogen-bond acceptors (Lipinski definition) is 1. The second kappa shape index (κ2) is 3.14. The van der Waals surface area contributed by atoms with Gasteiger partial charge in [-0.2, -0.15) is 0 Å². The third-order valence-corrected chi connectivity index (χ3v) is 3.74. The van der Waals surface area contributed by atoms with Crippen LogP contribution in [0.1, 0.15) is 19.8 Å². The van der Waals surface area contributed by atoms with Crippen molar-refractivity contribution in [1.82, 2.24) is 0 Å². The molecular weight excluding hydrogens is 142 g/mol. The first-order chi connectivity index (χ1) is 4.60. The van der Waals surface area contributed by atoms with Gasteiger partial charge >= 0.3 is 0 Å². The zero-order valence-electron chi connectivity index (χ0n) is 7.26. The van der Waals surface area contributed by atoms with Gasteiger partial charge in [0.2, 0.25) is 0 Å². The Bertz CT molecular complexity index is 112. The van der Waals surface area contributed by atoms with Gasteiger partial charge in [-0.15, -0.1) is 0 Å². The number of rotatable bonds is 0. The van der Waals surface area contributed by atoms with Gasteiger partial charge in [0.15, 0.2) is 0 Å². The van der Waals surface area contributed by atoms with E-state index in [1.165, 1.54) is 29.7 Å². The summed E-state index contributed by atoms with van der Waals surface area (Å²) < 4.78 is 1.20. The van der Waals surface area contributed by atoms with Gasteiger partial charge in [0.25, 0.3) is 0 Å². The smallest absolute Gasteiger partial charge is 0.125 e. The van der Waals surface area contributed by atoms with Crippen LogP contribution in [0.15, 0.2) is 0 Å². The first-order valence-corrected chi connectivity index (χ1v) is 5.09. The van der Waals surface area contributed by atoms with Crippen molar-refractivity contribution in [3.05, 3.63) is 0 Å². The van der Waals surface area contributed by atoms with Gasteiger partial charge in [0, 0.05) is 5.25 Å². The summed E-state index contributed by atoms with van der Waals surface area (Å²) in [6, 6.07) is 0. The maximum atomic E-state index is 2.34. The molecule has 0 saturated carbocycles. The lowest BCUT2D eigenvalue weighted by Gasteiger charge is -2.27. The zero-order chi connectivity index (χ0) is 7.61. The SMILES string of the molecule is CC1CCC[N+](C)(C)CS1. The molecule has 1 saturated heterocycles. The number of hydrogen-bond donors (Lipinski definition) is 0. The lowest BCUT2D eigenvalue weighted by molar-refractivity contribution is -0.877. The monoisotopic (exact) mass is 160 g/mol. The molecule has 60 valence electrons. The van der Waals surface area contributed by atoms with Crippen molar-refractivity contribution in [3.8, 4) is 0 Å². The van der Waals surface area contributed by atoms with E-state index in [9.17, 15) is 0 Å². The van der Waals surface area contributed by atoms with Gasteiger partial charge in [-0.1, -0.05) is 18.7 Å². The topological polar surface area (TPSA) is 0 Å². The van der Waals surface area contributed by atoms with Crippen LogP contribution in [0.2, 0.25) is 0 Å². The molecular formula is C8H18NS+. The molecule has 1 aliphatic heterocycles. The molecule has 1 fully saturated rings. The largest absolute Gasteiger partial charge is 0.320 e. The van der Waals surface area contributed by atoms with Gasteiger partial charge in [-0.3, -0.25) is 0 Å². The quantitative estimate of drug-likeness (QED) is 0.488. The Hall–Kier alpha value is 0.310. The normalized spacial score (nSPS) is 33.3. The van der Waals surface area contributed by atoms with E-state index in [0.717, 1.165) is 5.25 Å². The maximum Gasteiger partial charge on any atom is 0.125 e. The molecule has 1 heterocycles. The summed E-state index contributed by atoms with van der Waals surface area (Å²) in [7, 11) is 4.65. The third kappa shape index (κ3) is 2.51. The molecule has 0 aromatic rings. The highest BCUT2D eigenvalue weighted by Gasteiger charge is 2.20. The minimum absolute atomic E-state index is 0.889. The standard InChI is InChI=1S/C8H18NS/c1-8-5-4-6-9(2,3)7-10-8/h8H,4-7H2,1-3H3/q+1. The Kier molecular flexibility index (Phi) is 2.64. The zero-order valence-corrected chi connectivity index (χ0v) is 8.08. The van der Waals surface area contributed by atoms with Crippen molar-refractivity contribution in [2.45, 2.75) is 25.0 Å². The molecule has 0 N–H and O–H groups in total. The van der Waals surface area contributed by atoms with Crippen LogP contribution in [0.5, 0.6) is 0 Å². The fourth-order valence-electron chi connectivity index (χ4n) is 1.28. The van der Waals surface area contributed by atoms with Crippen LogP contribution in [0.25, 0.3) is 0 Å². The highest BCUT2D eigenvalue weighted by Crippen LogP contribution is 2.23. The van der Waals surface area contributed by atoms with Crippen LogP contribution >= 0.6 is 11.8 Å². The number of nitrogens with zero attached hydrogens (tertiary/aromatic N) is 1. The molecule has 1 aliphatic rings. The van der Waals surface area contributed by atoms with Gasteiger partial charge in [-0.05, 0) is 12.8 Å². The average Bonchev–Trinajstić information content (AvgIpc) is 1.94. The molecule has 1 nitrogen and oxygen atoms in total. The Morgan fingerprint density at radius 3 is 2.80 bits per heavy atom. The number of thioether (sulfide) groups is 1. The minimum atomic E-state index is 0.889. The Morgan fingerprint density at radius 1 is 1.40 bits per heavy atom. The van der Waals surface area contributed by atoms with E-state index in [2.05, 4.69) is 32.8 Å². The third-order valence-electron chi connectivity index (χ3n) is 2.08. The molecule has 2 heteroatoms. The van der Waals surface area contributed by atoms with Gasteiger partial charge in [0.1, 0.15) is 5.88 Å². The van der Waals surface area contributed by atoms with E-state index in [4.69, 9.17) is 0 Å². The van der Waals surface area contributed by atoms with Crippen molar-refractivity contribution >= 4 is 11.8 Å². The maximum absolute atomic E-state index is 2.34. The van der Waals surface area contributed by atoms with Gasteiger partial charge in [0.05, 0.1) is 20.6 Å². The second-order valence-electron chi connectivity index (χ2n) is 3.91. The predicted octanol–water partition coefficient (Wildman–Crippen LogP) is 1.94. The summed E-state index contributed by atoms with van der Waals surface area (Å²) in [6.45, 7) is 3.70. The minimum Gasteiger partial charge on any atom is -0.320 e. The highest BCUT2D eigenvalue weighted by molar-refractivity contribution is 7.99. The van der Waals surface area contributed by atoms with Crippen LogP contribution in [0, 0.1) is 0 Å². The van der Waals surface area contributed by atoms with Crippen LogP contribution < -0.4 is 0 Å². The van der Waals surface area contributed by atoms with Crippen molar-refractivity contribution in [2.75, 3.05) is 26.5 Å². The molecule has 0 radical (unpaired) electrons. The lowest BCUT2D eigenvalue weighted by Crippen LogP contribution is -2.38. The highest BCUT2D eigenvalue weighted by atomic mass is 32.2. The van der Waals surface area contributed by atoms with E-state index in [0.29, 0.717) is 0 Å². The van der Waals surface area contributed by atoms with Crippen LogP contribution in [-0.4, -0.2) is 36.2 Å². The summed E-state index contributed by atoms with van der Waals surface area (Å²) in [5.74, 6) is 1.29. The Balaban J connectivity index is 2.41. The van der Waals surface area contributed by atoms with Crippen molar-refractivity contribution in [1.29, 1.82) is 0 Å². The van der Waals surface area contributed by atoms with E-state index in [-0.39, 0.29) is 0 Å². The first-order valence-electron chi connectivity index (χ1n) is 4.04. The van der Waals surface area contributed by atoms with E-state index >= 15 is 0 Å². The van der Waals surface area contributed by atoms with E-state index < -0.39 is 0 Å². The molecule has 0 bridgehead atoms. The predicted molar refractivity (Wildman–Crippen MR) is 48.1 cm³/mol. The molecule has 0 spiro atoms. The van der Waals surface area contributed by atoms with E-state index in [1.54, 1.807) is 0 Å². The summed E-state index contributed by atoms with van der Waals surface area (Å²) >= 11 is 2.12. The summed E-state index contributed by atoms with van der Waals surface area (Å²) in [4.78, 5) is 0. The van der Waals surface area contributed by atoms with Crippen LogP contribution in [0.3, 0.4) is 0 Å². The van der Waals surface area contributed by atoms with Gasteiger partial charge in [-0.25, -0.2) is 0 Å². The van der Waals surface area contributed by atoms with Crippen molar-refractivity contribution in [2.24, 2.45) is 0 Å². The molecule has 0 aliphatic carbocycles. The molecule has 0 amide bonds. The summed E-state index contributed by atoms with van der Waals surface area (Å²) in [5, 5.41) is 0.889.